The van der Waals surface area contributed by atoms with Gasteiger partial charge in [0.1, 0.15) is 18.5 Å². The second-order valence-electron chi connectivity index (χ2n) is 5.71. The molecule has 0 aliphatic rings. The number of nitrogens with one attached hydrogen (secondary N) is 1. The molecule has 0 atom stereocenters. The van der Waals surface area contributed by atoms with Crippen molar-refractivity contribution in [2.75, 3.05) is 12.4 Å². The standard InChI is InChI=1S/C20H17N3O2/c1-13(23-24-2)14-6-5-7-15(12-14)21-20-17-10-11-25-19(17)16-8-3-4-9-18(16)22-20/h3-12H,1-2H3,(H,21,22)/b23-13-. The van der Waals surface area contributed by atoms with Crippen LogP contribution in [0.2, 0.25) is 0 Å². The summed E-state index contributed by atoms with van der Waals surface area (Å²) in [5, 5.41) is 9.33. The van der Waals surface area contributed by atoms with Crippen molar-refractivity contribution < 1.29 is 9.25 Å². The zero-order chi connectivity index (χ0) is 17.2. The maximum absolute atomic E-state index is 5.69. The van der Waals surface area contributed by atoms with Gasteiger partial charge in [-0.15, -0.1) is 0 Å². The van der Waals surface area contributed by atoms with Crippen molar-refractivity contribution in [2.45, 2.75) is 6.92 Å². The normalized spacial score (nSPS) is 11.8. The number of oxime groups is 1. The Hall–Kier alpha value is -3.34. The average molecular weight is 331 g/mol. The van der Waals surface area contributed by atoms with E-state index in [1.165, 1.54) is 0 Å². The van der Waals surface area contributed by atoms with E-state index in [1.54, 1.807) is 13.4 Å². The van der Waals surface area contributed by atoms with Gasteiger partial charge in [-0.3, -0.25) is 0 Å². The molecular weight excluding hydrogens is 314 g/mol. The maximum Gasteiger partial charge on any atom is 0.146 e. The SMILES string of the molecule is CO/N=C(/C)c1cccc(Nc2nc3ccccc3c3occc23)c1. The van der Waals surface area contributed by atoms with Crippen molar-refractivity contribution in [2.24, 2.45) is 5.16 Å². The Bertz CT molecular complexity index is 1080. The molecule has 0 saturated heterocycles. The molecule has 1 N–H and O–H groups in total. The summed E-state index contributed by atoms with van der Waals surface area (Å²) >= 11 is 0. The van der Waals surface area contributed by atoms with Crippen molar-refractivity contribution in [1.29, 1.82) is 0 Å². The van der Waals surface area contributed by atoms with Crippen LogP contribution in [0.5, 0.6) is 0 Å². The first-order valence-electron chi connectivity index (χ1n) is 7.97. The van der Waals surface area contributed by atoms with Gasteiger partial charge in [-0.2, -0.15) is 0 Å². The summed E-state index contributed by atoms with van der Waals surface area (Å²) in [6, 6.07) is 17.9. The molecule has 4 rings (SSSR count). The lowest BCUT2D eigenvalue weighted by atomic mass is 10.1. The monoisotopic (exact) mass is 331 g/mol. The summed E-state index contributed by atoms with van der Waals surface area (Å²) in [7, 11) is 1.54. The number of anilines is 2. The van der Waals surface area contributed by atoms with Gasteiger partial charge in [0.15, 0.2) is 0 Å². The molecule has 0 aliphatic carbocycles. The maximum atomic E-state index is 5.69. The zero-order valence-electron chi connectivity index (χ0n) is 14.0. The number of rotatable bonds is 4. The number of nitrogens with zero attached hydrogens (tertiary/aromatic N) is 2. The highest BCUT2D eigenvalue weighted by molar-refractivity contribution is 6.07. The molecule has 5 nitrogen and oxygen atoms in total. The Morgan fingerprint density at radius 1 is 1.08 bits per heavy atom. The van der Waals surface area contributed by atoms with Crippen LogP contribution in [0, 0.1) is 0 Å². The highest BCUT2D eigenvalue weighted by atomic mass is 16.6. The molecule has 2 aromatic heterocycles. The van der Waals surface area contributed by atoms with Gasteiger partial charge in [0.05, 0.1) is 22.9 Å². The predicted octanol–water partition coefficient (Wildman–Crippen LogP) is 5.10. The number of furan rings is 1. The third-order valence-corrected chi connectivity index (χ3v) is 4.07. The molecule has 0 bridgehead atoms. The smallest absolute Gasteiger partial charge is 0.146 e. The van der Waals surface area contributed by atoms with Gasteiger partial charge in [0.2, 0.25) is 0 Å². The molecule has 0 fully saturated rings. The largest absolute Gasteiger partial charge is 0.463 e. The number of hydrogen-bond acceptors (Lipinski definition) is 5. The topological polar surface area (TPSA) is 59.6 Å². The first-order chi connectivity index (χ1) is 12.3. The fourth-order valence-corrected chi connectivity index (χ4v) is 2.89. The van der Waals surface area contributed by atoms with Gasteiger partial charge in [-0.25, -0.2) is 4.98 Å². The number of para-hydroxylation sites is 1. The van der Waals surface area contributed by atoms with E-state index in [9.17, 15) is 0 Å². The van der Waals surface area contributed by atoms with Crippen molar-refractivity contribution in [3.8, 4) is 0 Å². The predicted molar refractivity (Wildman–Crippen MR) is 100 cm³/mol. The van der Waals surface area contributed by atoms with Gasteiger partial charge < -0.3 is 14.6 Å². The third kappa shape index (κ3) is 2.80. The molecule has 0 spiro atoms. The van der Waals surface area contributed by atoms with Crippen molar-refractivity contribution in [3.63, 3.8) is 0 Å². The molecule has 0 aliphatic heterocycles. The molecule has 0 amide bonds. The van der Waals surface area contributed by atoms with E-state index in [2.05, 4.69) is 10.5 Å². The Morgan fingerprint density at radius 2 is 1.96 bits per heavy atom. The Labute approximate surface area is 144 Å². The van der Waals surface area contributed by atoms with Crippen LogP contribution < -0.4 is 5.32 Å². The lowest BCUT2D eigenvalue weighted by Gasteiger charge is -2.10. The number of aromatic nitrogens is 1. The minimum atomic E-state index is 0.765. The molecule has 4 aromatic rings. The molecule has 0 radical (unpaired) electrons. The fraction of sp³-hybridized carbons (Fsp3) is 0.100. The van der Waals surface area contributed by atoms with Gasteiger partial charge in [-0.05, 0) is 37.3 Å². The van der Waals surface area contributed by atoms with Crippen LogP contribution in [0.15, 0.2) is 70.4 Å². The molecule has 2 heterocycles. The summed E-state index contributed by atoms with van der Waals surface area (Å²) in [6.45, 7) is 1.91. The molecule has 5 heteroatoms. The van der Waals surface area contributed by atoms with E-state index in [0.29, 0.717) is 0 Å². The molecule has 124 valence electrons. The minimum absolute atomic E-state index is 0.765. The van der Waals surface area contributed by atoms with E-state index < -0.39 is 0 Å². The molecule has 0 unspecified atom stereocenters. The van der Waals surface area contributed by atoms with Crippen molar-refractivity contribution >= 4 is 39.1 Å². The van der Waals surface area contributed by atoms with E-state index >= 15 is 0 Å². The van der Waals surface area contributed by atoms with E-state index in [0.717, 1.165) is 44.7 Å². The summed E-state index contributed by atoms with van der Waals surface area (Å²) < 4.78 is 5.69. The molecular formula is C20H17N3O2. The van der Waals surface area contributed by atoms with Crippen molar-refractivity contribution in [3.05, 3.63) is 66.4 Å². The van der Waals surface area contributed by atoms with Crippen LogP contribution in [0.25, 0.3) is 21.9 Å². The Morgan fingerprint density at radius 3 is 2.84 bits per heavy atom. The van der Waals surface area contributed by atoms with Gasteiger partial charge >= 0.3 is 0 Å². The molecule has 0 saturated carbocycles. The second-order valence-corrected chi connectivity index (χ2v) is 5.71. The number of hydrogen-bond donors (Lipinski definition) is 1. The Balaban J connectivity index is 1.79. The summed E-state index contributed by atoms with van der Waals surface area (Å²) in [6.07, 6.45) is 1.69. The zero-order valence-corrected chi connectivity index (χ0v) is 14.0. The van der Waals surface area contributed by atoms with E-state index in [-0.39, 0.29) is 0 Å². The highest BCUT2D eigenvalue weighted by Crippen LogP contribution is 2.31. The van der Waals surface area contributed by atoms with Crippen LogP contribution in [0.1, 0.15) is 12.5 Å². The van der Waals surface area contributed by atoms with E-state index in [4.69, 9.17) is 14.2 Å². The average Bonchev–Trinajstić information content (AvgIpc) is 3.13. The lowest BCUT2D eigenvalue weighted by molar-refractivity contribution is 0.213. The summed E-state index contributed by atoms with van der Waals surface area (Å²) in [5.41, 5.74) is 4.44. The summed E-state index contributed by atoms with van der Waals surface area (Å²) in [4.78, 5) is 9.61. The van der Waals surface area contributed by atoms with E-state index in [1.807, 2.05) is 61.5 Å². The fourth-order valence-electron chi connectivity index (χ4n) is 2.89. The quantitative estimate of drug-likeness (QED) is 0.418. The van der Waals surface area contributed by atoms with Crippen LogP contribution in [-0.4, -0.2) is 17.8 Å². The van der Waals surface area contributed by atoms with Crippen LogP contribution >= 0.6 is 0 Å². The summed E-state index contributed by atoms with van der Waals surface area (Å²) in [5.74, 6) is 0.765. The molecule has 2 aromatic carbocycles. The second kappa shape index (κ2) is 6.28. The van der Waals surface area contributed by atoms with Gasteiger partial charge in [0.25, 0.3) is 0 Å². The van der Waals surface area contributed by atoms with Gasteiger partial charge in [0, 0.05) is 16.6 Å². The highest BCUT2D eigenvalue weighted by Gasteiger charge is 2.11. The van der Waals surface area contributed by atoms with Gasteiger partial charge in [-0.1, -0.05) is 29.4 Å². The minimum Gasteiger partial charge on any atom is -0.463 e. The van der Waals surface area contributed by atoms with Crippen LogP contribution in [-0.2, 0) is 4.84 Å². The Kier molecular flexibility index (Phi) is 3.82. The molecule has 25 heavy (non-hydrogen) atoms. The van der Waals surface area contributed by atoms with Crippen LogP contribution in [0.4, 0.5) is 11.5 Å². The first-order valence-corrected chi connectivity index (χ1v) is 7.97. The lowest BCUT2D eigenvalue weighted by Crippen LogP contribution is -1.99. The number of fused-ring (bicyclic) bond motifs is 3. The number of benzene rings is 2. The third-order valence-electron chi connectivity index (χ3n) is 4.07. The first kappa shape index (κ1) is 15.2. The van der Waals surface area contributed by atoms with Crippen molar-refractivity contribution in [1.82, 2.24) is 4.98 Å². The number of pyridine rings is 1. The van der Waals surface area contributed by atoms with Crippen LogP contribution in [0.3, 0.4) is 0 Å².